The molecule has 0 aliphatic carbocycles. The second kappa shape index (κ2) is 9.24. The third-order valence-corrected chi connectivity index (χ3v) is 5.27. The molecule has 1 aliphatic rings. The maximum absolute atomic E-state index is 12.5. The molecular weight excluding hydrogens is 364 g/mol. The molecule has 2 aromatic rings. The van der Waals surface area contributed by atoms with Crippen molar-refractivity contribution in [3.05, 3.63) is 54.1 Å². The van der Waals surface area contributed by atoms with E-state index in [-0.39, 0.29) is 18.4 Å². The maximum Gasteiger partial charge on any atom is 0.244 e. The van der Waals surface area contributed by atoms with Crippen LogP contribution in [0.1, 0.15) is 32.3 Å². The fourth-order valence-electron chi connectivity index (χ4n) is 3.49. The summed E-state index contributed by atoms with van der Waals surface area (Å²) in [5.74, 6) is 0.231. The van der Waals surface area contributed by atoms with Gasteiger partial charge in [0.05, 0.1) is 11.6 Å². The summed E-state index contributed by atoms with van der Waals surface area (Å²) in [5, 5.41) is 11.9. The highest BCUT2D eigenvalue weighted by molar-refractivity contribution is 6.01. The lowest BCUT2D eigenvalue weighted by atomic mass is 9.99. The van der Waals surface area contributed by atoms with Crippen molar-refractivity contribution < 1.29 is 9.59 Å². The monoisotopic (exact) mass is 390 g/mol. The summed E-state index contributed by atoms with van der Waals surface area (Å²) in [6, 6.07) is 16.5. The number of carbonyl (C=O) groups is 2. The summed E-state index contributed by atoms with van der Waals surface area (Å²) in [6.45, 7) is 5.69. The summed E-state index contributed by atoms with van der Waals surface area (Å²) in [7, 11) is 0. The van der Waals surface area contributed by atoms with E-state index in [0.29, 0.717) is 16.9 Å². The molecule has 1 saturated heterocycles. The summed E-state index contributed by atoms with van der Waals surface area (Å²) in [5.41, 5.74) is 2.82. The van der Waals surface area contributed by atoms with Crippen LogP contribution in [0, 0.1) is 17.2 Å². The lowest BCUT2D eigenvalue weighted by Gasteiger charge is -2.32. The minimum absolute atomic E-state index is 0.115. The number of anilines is 3. The van der Waals surface area contributed by atoms with Gasteiger partial charge in [0, 0.05) is 37.1 Å². The maximum atomic E-state index is 12.5. The van der Waals surface area contributed by atoms with Gasteiger partial charge < -0.3 is 15.1 Å². The van der Waals surface area contributed by atoms with E-state index in [2.05, 4.69) is 17.1 Å². The Kier molecular flexibility index (Phi) is 6.50. The normalized spacial score (nSPS) is 14.2. The van der Waals surface area contributed by atoms with Crippen LogP contribution in [0.15, 0.2) is 48.5 Å². The molecule has 2 amide bonds. The first-order valence-corrected chi connectivity index (χ1v) is 9.89. The molecule has 0 spiro atoms. The van der Waals surface area contributed by atoms with Gasteiger partial charge in [0.2, 0.25) is 11.8 Å². The van der Waals surface area contributed by atoms with Crippen LogP contribution in [0.3, 0.4) is 0 Å². The minimum Gasteiger partial charge on any atom is -0.372 e. The van der Waals surface area contributed by atoms with E-state index in [0.717, 1.165) is 24.7 Å². The van der Waals surface area contributed by atoms with Crippen LogP contribution in [0.2, 0.25) is 0 Å². The molecule has 1 aliphatic heterocycles. The number of amides is 2. The molecule has 1 heterocycles. The van der Waals surface area contributed by atoms with Crippen molar-refractivity contribution in [2.45, 2.75) is 26.7 Å². The first-order chi connectivity index (χ1) is 14.0. The Hall–Kier alpha value is -3.33. The average molecular weight is 390 g/mol. The van der Waals surface area contributed by atoms with Crippen LogP contribution in [0.5, 0.6) is 0 Å². The molecule has 2 aromatic carbocycles. The highest BCUT2D eigenvalue weighted by Crippen LogP contribution is 2.24. The Morgan fingerprint density at radius 2 is 1.86 bits per heavy atom. The van der Waals surface area contributed by atoms with Gasteiger partial charge in [-0.3, -0.25) is 9.59 Å². The van der Waals surface area contributed by atoms with E-state index in [1.165, 1.54) is 24.7 Å². The molecule has 0 unspecified atom stereocenters. The van der Waals surface area contributed by atoms with Crippen molar-refractivity contribution >= 4 is 28.9 Å². The van der Waals surface area contributed by atoms with Crippen LogP contribution >= 0.6 is 0 Å². The third kappa shape index (κ3) is 5.35. The van der Waals surface area contributed by atoms with Gasteiger partial charge in [0.25, 0.3) is 0 Å². The molecule has 6 heteroatoms. The summed E-state index contributed by atoms with van der Waals surface area (Å²) in [4.78, 5) is 28.3. The quantitative estimate of drug-likeness (QED) is 0.843. The first-order valence-electron chi connectivity index (χ1n) is 9.89. The molecule has 0 aromatic heterocycles. The Bertz CT molecular complexity index is 909. The highest BCUT2D eigenvalue weighted by Gasteiger charge is 2.18. The number of rotatable bonds is 5. The number of piperidine rings is 1. The number of nitrogens with zero attached hydrogens (tertiary/aromatic N) is 3. The molecule has 1 fully saturated rings. The summed E-state index contributed by atoms with van der Waals surface area (Å²) in [6.07, 6.45) is 2.40. The molecule has 0 radical (unpaired) electrons. The largest absolute Gasteiger partial charge is 0.372 e. The van der Waals surface area contributed by atoms with E-state index in [9.17, 15) is 9.59 Å². The van der Waals surface area contributed by atoms with Gasteiger partial charge in [-0.1, -0.05) is 13.0 Å². The molecule has 29 heavy (non-hydrogen) atoms. The molecular formula is C23H26N4O2. The second-order valence-electron chi connectivity index (χ2n) is 7.53. The first kappa shape index (κ1) is 20.4. The standard InChI is InChI=1S/C23H26N4O2/c1-17-10-12-26(13-11-17)21-8-6-20(7-9-21)25-23(29)16-27(18(2)28)22-5-3-4-19(14-22)15-24/h3-9,14,17H,10-13,16H2,1-2H3,(H,25,29). The SMILES string of the molecule is CC(=O)N(CC(=O)Nc1ccc(N2CCC(C)CC2)cc1)c1cccc(C#N)c1. The van der Waals surface area contributed by atoms with E-state index in [1.54, 1.807) is 24.3 Å². The average Bonchev–Trinajstić information content (AvgIpc) is 2.73. The number of hydrogen-bond donors (Lipinski definition) is 1. The van der Waals surface area contributed by atoms with Crippen molar-refractivity contribution in [3.8, 4) is 6.07 Å². The minimum atomic E-state index is -0.290. The van der Waals surface area contributed by atoms with Gasteiger partial charge >= 0.3 is 0 Å². The molecule has 6 nitrogen and oxygen atoms in total. The Morgan fingerprint density at radius 1 is 1.17 bits per heavy atom. The molecule has 1 N–H and O–H groups in total. The van der Waals surface area contributed by atoms with Crippen LogP contribution in [-0.2, 0) is 9.59 Å². The van der Waals surface area contributed by atoms with Gasteiger partial charge in [-0.25, -0.2) is 0 Å². The number of nitriles is 1. The highest BCUT2D eigenvalue weighted by atomic mass is 16.2. The molecule has 150 valence electrons. The van der Waals surface area contributed by atoms with E-state index in [1.807, 2.05) is 30.3 Å². The topological polar surface area (TPSA) is 76.4 Å². The van der Waals surface area contributed by atoms with Crippen LogP contribution in [0.25, 0.3) is 0 Å². The molecule has 0 bridgehead atoms. The van der Waals surface area contributed by atoms with Gasteiger partial charge in [0.15, 0.2) is 0 Å². The van der Waals surface area contributed by atoms with Crippen molar-refractivity contribution in [2.24, 2.45) is 5.92 Å². The van der Waals surface area contributed by atoms with Gasteiger partial charge in [-0.05, 0) is 61.2 Å². The zero-order chi connectivity index (χ0) is 20.8. The lowest BCUT2D eigenvalue weighted by Crippen LogP contribution is -2.36. The summed E-state index contributed by atoms with van der Waals surface area (Å²) >= 11 is 0. The number of benzene rings is 2. The van der Waals surface area contributed by atoms with Crippen molar-refractivity contribution in [2.75, 3.05) is 34.8 Å². The second-order valence-corrected chi connectivity index (χ2v) is 7.53. The Morgan fingerprint density at radius 3 is 2.48 bits per heavy atom. The molecule has 0 atom stereocenters. The van der Waals surface area contributed by atoms with Crippen molar-refractivity contribution in [1.82, 2.24) is 0 Å². The zero-order valence-electron chi connectivity index (χ0n) is 16.9. The van der Waals surface area contributed by atoms with E-state index < -0.39 is 0 Å². The fourth-order valence-corrected chi connectivity index (χ4v) is 3.49. The lowest BCUT2D eigenvalue weighted by molar-refractivity contribution is -0.120. The van der Waals surface area contributed by atoms with Crippen LogP contribution < -0.4 is 15.1 Å². The van der Waals surface area contributed by atoms with Gasteiger partial charge in [-0.2, -0.15) is 5.26 Å². The van der Waals surface area contributed by atoms with E-state index in [4.69, 9.17) is 5.26 Å². The molecule has 0 saturated carbocycles. The third-order valence-electron chi connectivity index (χ3n) is 5.27. The number of carbonyl (C=O) groups excluding carboxylic acids is 2. The smallest absolute Gasteiger partial charge is 0.244 e. The van der Waals surface area contributed by atoms with Crippen LogP contribution in [-0.4, -0.2) is 31.4 Å². The predicted molar refractivity (Wildman–Crippen MR) is 115 cm³/mol. The summed E-state index contributed by atoms with van der Waals surface area (Å²) < 4.78 is 0. The Labute approximate surface area is 171 Å². The van der Waals surface area contributed by atoms with Crippen molar-refractivity contribution in [1.29, 1.82) is 5.26 Å². The Balaban J connectivity index is 1.63. The zero-order valence-corrected chi connectivity index (χ0v) is 16.9. The number of hydrogen-bond acceptors (Lipinski definition) is 4. The molecule has 3 rings (SSSR count). The van der Waals surface area contributed by atoms with Crippen molar-refractivity contribution in [3.63, 3.8) is 0 Å². The van der Waals surface area contributed by atoms with Gasteiger partial charge in [0.1, 0.15) is 6.54 Å². The van der Waals surface area contributed by atoms with Gasteiger partial charge in [-0.15, -0.1) is 0 Å². The van der Waals surface area contributed by atoms with E-state index >= 15 is 0 Å². The number of nitrogens with one attached hydrogen (secondary N) is 1. The van der Waals surface area contributed by atoms with Crippen LogP contribution in [0.4, 0.5) is 17.1 Å². The predicted octanol–water partition coefficient (Wildman–Crippen LogP) is 3.79. The fraction of sp³-hybridized carbons (Fsp3) is 0.348.